The number of likely N-dealkylation sites (tertiary alicyclic amines) is 1. The lowest BCUT2D eigenvalue weighted by atomic mass is 9.91. The summed E-state index contributed by atoms with van der Waals surface area (Å²) in [7, 11) is 1.66. The second-order valence-electron chi connectivity index (χ2n) is 6.41. The molecule has 124 valence electrons. The topological polar surface area (TPSA) is 55.6 Å². The summed E-state index contributed by atoms with van der Waals surface area (Å²) in [5.41, 5.74) is 7.05. The summed E-state index contributed by atoms with van der Waals surface area (Å²) in [5.74, 6) is 1.52. The molecule has 2 heterocycles. The number of benzene rings is 1. The van der Waals surface area contributed by atoms with Crippen molar-refractivity contribution in [2.45, 2.75) is 32.7 Å². The lowest BCUT2D eigenvalue weighted by Crippen LogP contribution is -2.42. The molecular formula is C18H24N2O2S. The van der Waals surface area contributed by atoms with Crippen molar-refractivity contribution in [2.24, 2.45) is 11.7 Å². The first-order valence-corrected chi connectivity index (χ1v) is 8.95. The Labute approximate surface area is 141 Å². The molecule has 1 unspecified atom stereocenters. The number of carbonyl (C=O) groups excluding carboxylic acids is 1. The van der Waals surface area contributed by atoms with Crippen LogP contribution in [-0.4, -0.2) is 37.0 Å². The summed E-state index contributed by atoms with van der Waals surface area (Å²) < 4.78 is 6.43. The van der Waals surface area contributed by atoms with Crippen LogP contribution < -0.4 is 10.5 Å². The standard InChI is InChI=1S/C18H24N2O2S/c1-11-15-10-14(22-3)4-5-16(15)23-17(11)18(21)20-8-6-13(7-9-20)12(2)19/h4-5,10,12-13H,6-9,19H2,1-3H3. The van der Waals surface area contributed by atoms with Crippen molar-refractivity contribution in [2.75, 3.05) is 20.2 Å². The molecule has 3 rings (SSSR count). The molecule has 0 spiro atoms. The van der Waals surface area contributed by atoms with Crippen LogP contribution in [-0.2, 0) is 0 Å². The lowest BCUT2D eigenvalue weighted by Gasteiger charge is -2.33. The summed E-state index contributed by atoms with van der Waals surface area (Å²) in [6.45, 7) is 5.70. The third kappa shape index (κ3) is 3.08. The molecule has 0 bridgehead atoms. The van der Waals surface area contributed by atoms with Crippen LogP contribution in [0.4, 0.5) is 0 Å². The molecule has 1 saturated heterocycles. The Hall–Kier alpha value is -1.59. The summed E-state index contributed by atoms with van der Waals surface area (Å²) in [4.78, 5) is 15.7. The van der Waals surface area contributed by atoms with Gasteiger partial charge in [-0.15, -0.1) is 11.3 Å². The summed E-state index contributed by atoms with van der Waals surface area (Å²) in [6, 6.07) is 6.21. The first-order chi connectivity index (χ1) is 11.0. The molecule has 1 aliphatic heterocycles. The van der Waals surface area contributed by atoms with E-state index in [1.807, 2.05) is 30.0 Å². The maximum absolute atomic E-state index is 12.9. The van der Waals surface area contributed by atoms with Crippen LogP contribution in [0.3, 0.4) is 0 Å². The first kappa shape index (κ1) is 16.3. The average Bonchev–Trinajstić information content (AvgIpc) is 2.90. The minimum absolute atomic E-state index is 0.158. The molecule has 1 atom stereocenters. The Balaban J connectivity index is 1.83. The zero-order valence-corrected chi connectivity index (χ0v) is 14.8. The highest BCUT2D eigenvalue weighted by Crippen LogP contribution is 2.34. The number of nitrogens with zero attached hydrogens (tertiary/aromatic N) is 1. The number of nitrogens with two attached hydrogens (primary N) is 1. The van der Waals surface area contributed by atoms with Gasteiger partial charge in [-0.2, -0.15) is 0 Å². The third-order valence-electron chi connectivity index (χ3n) is 4.91. The van der Waals surface area contributed by atoms with Crippen molar-refractivity contribution in [3.63, 3.8) is 0 Å². The number of hydrogen-bond acceptors (Lipinski definition) is 4. The van der Waals surface area contributed by atoms with Gasteiger partial charge in [-0.25, -0.2) is 0 Å². The number of carbonyl (C=O) groups is 1. The molecular weight excluding hydrogens is 308 g/mol. The molecule has 1 aliphatic rings. The number of amides is 1. The third-order valence-corrected chi connectivity index (χ3v) is 6.17. The zero-order chi connectivity index (χ0) is 16.6. The Bertz CT molecular complexity index is 715. The van der Waals surface area contributed by atoms with Gasteiger partial charge >= 0.3 is 0 Å². The van der Waals surface area contributed by atoms with Crippen molar-refractivity contribution in [3.05, 3.63) is 28.6 Å². The number of thiophene rings is 1. The van der Waals surface area contributed by atoms with Gasteiger partial charge in [-0.3, -0.25) is 4.79 Å². The van der Waals surface area contributed by atoms with Crippen molar-refractivity contribution in [1.29, 1.82) is 0 Å². The molecule has 2 aromatic rings. The molecule has 1 aromatic heterocycles. The van der Waals surface area contributed by atoms with E-state index in [1.54, 1.807) is 18.4 Å². The van der Waals surface area contributed by atoms with Gasteiger partial charge in [0.15, 0.2) is 0 Å². The number of methoxy groups -OCH3 is 1. The number of rotatable bonds is 3. The highest BCUT2D eigenvalue weighted by atomic mass is 32.1. The first-order valence-electron chi connectivity index (χ1n) is 8.13. The van der Waals surface area contributed by atoms with Gasteiger partial charge in [0.1, 0.15) is 5.75 Å². The second kappa shape index (κ2) is 6.49. The van der Waals surface area contributed by atoms with Gasteiger partial charge in [0.05, 0.1) is 12.0 Å². The SMILES string of the molecule is COc1ccc2sc(C(=O)N3CCC(C(C)N)CC3)c(C)c2c1. The van der Waals surface area contributed by atoms with Gasteiger partial charge in [0.25, 0.3) is 5.91 Å². The molecule has 1 amide bonds. The molecule has 1 aromatic carbocycles. The van der Waals surface area contributed by atoms with Gasteiger partial charge < -0.3 is 15.4 Å². The van der Waals surface area contributed by atoms with Crippen molar-refractivity contribution in [1.82, 2.24) is 4.90 Å². The van der Waals surface area contributed by atoms with Crippen LogP contribution >= 0.6 is 11.3 Å². The fourth-order valence-corrected chi connectivity index (χ4v) is 4.46. The summed E-state index contributed by atoms with van der Waals surface area (Å²) >= 11 is 1.58. The highest BCUT2D eigenvalue weighted by Gasteiger charge is 2.27. The Kier molecular flexibility index (Phi) is 4.60. The quantitative estimate of drug-likeness (QED) is 0.937. The smallest absolute Gasteiger partial charge is 0.264 e. The van der Waals surface area contributed by atoms with Crippen LogP contribution in [0.2, 0.25) is 0 Å². The average molecular weight is 332 g/mol. The van der Waals surface area contributed by atoms with Crippen molar-refractivity contribution in [3.8, 4) is 5.75 Å². The van der Waals surface area contributed by atoms with Crippen molar-refractivity contribution >= 4 is 27.3 Å². The second-order valence-corrected chi connectivity index (χ2v) is 7.46. The van der Waals surface area contributed by atoms with Gasteiger partial charge in [-0.05, 0) is 61.8 Å². The number of piperidine rings is 1. The van der Waals surface area contributed by atoms with E-state index >= 15 is 0 Å². The molecule has 5 heteroatoms. The maximum atomic E-state index is 12.9. The molecule has 0 radical (unpaired) electrons. The molecule has 2 N–H and O–H groups in total. The predicted octanol–water partition coefficient (Wildman–Crippen LogP) is 3.42. The Morgan fingerprint density at radius 3 is 2.70 bits per heavy atom. The minimum Gasteiger partial charge on any atom is -0.497 e. The van der Waals surface area contributed by atoms with E-state index in [2.05, 4.69) is 6.92 Å². The summed E-state index contributed by atoms with van der Waals surface area (Å²) in [6.07, 6.45) is 2.00. The number of fused-ring (bicyclic) bond motifs is 1. The van der Waals surface area contributed by atoms with E-state index in [1.165, 1.54) is 0 Å². The van der Waals surface area contributed by atoms with Gasteiger partial charge in [-0.1, -0.05) is 0 Å². The fourth-order valence-electron chi connectivity index (χ4n) is 3.30. The van der Waals surface area contributed by atoms with Gasteiger partial charge in [0.2, 0.25) is 0 Å². The van der Waals surface area contributed by atoms with Crippen LogP contribution in [0, 0.1) is 12.8 Å². The Morgan fingerprint density at radius 2 is 2.09 bits per heavy atom. The van der Waals surface area contributed by atoms with E-state index in [0.29, 0.717) is 5.92 Å². The maximum Gasteiger partial charge on any atom is 0.264 e. The molecule has 1 fully saturated rings. The normalized spacial score (nSPS) is 17.5. The van der Waals surface area contributed by atoms with Gasteiger partial charge in [0, 0.05) is 23.8 Å². The van der Waals surface area contributed by atoms with Crippen molar-refractivity contribution < 1.29 is 9.53 Å². The Morgan fingerprint density at radius 1 is 1.39 bits per heavy atom. The minimum atomic E-state index is 0.158. The van der Waals surface area contributed by atoms with E-state index in [0.717, 1.165) is 52.2 Å². The zero-order valence-electron chi connectivity index (χ0n) is 14.0. The molecule has 0 aliphatic carbocycles. The van der Waals surface area contributed by atoms with E-state index < -0.39 is 0 Å². The van der Waals surface area contributed by atoms with Crippen LogP contribution in [0.1, 0.15) is 35.0 Å². The lowest BCUT2D eigenvalue weighted by molar-refractivity contribution is 0.0685. The molecule has 4 nitrogen and oxygen atoms in total. The fraction of sp³-hybridized carbons (Fsp3) is 0.500. The van der Waals surface area contributed by atoms with Crippen LogP contribution in [0.15, 0.2) is 18.2 Å². The molecule has 0 saturated carbocycles. The number of ether oxygens (including phenoxy) is 1. The van der Waals surface area contributed by atoms with Crippen LogP contribution in [0.25, 0.3) is 10.1 Å². The van der Waals surface area contributed by atoms with E-state index in [-0.39, 0.29) is 11.9 Å². The number of aryl methyl sites for hydroxylation is 1. The monoisotopic (exact) mass is 332 g/mol. The predicted molar refractivity (Wildman–Crippen MR) is 95.4 cm³/mol. The molecule has 23 heavy (non-hydrogen) atoms. The highest BCUT2D eigenvalue weighted by molar-refractivity contribution is 7.21. The van der Waals surface area contributed by atoms with Crippen LogP contribution in [0.5, 0.6) is 5.75 Å². The number of hydrogen-bond donors (Lipinski definition) is 1. The largest absolute Gasteiger partial charge is 0.497 e. The summed E-state index contributed by atoms with van der Waals surface area (Å²) in [5, 5.41) is 1.11. The van der Waals surface area contributed by atoms with E-state index in [4.69, 9.17) is 10.5 Å². The van der Waals surface area contributed by atoms with E-state index in [9.17, 15) is 4.79 Å².